The number of nitrogens with zero attached hydrogens (tertiary/aromatic N) is 4. The summed E-state index contributed by atoms with van der Waals surface area (Å²) in [7, 11) is 0. The molecule has 330 valence electrons. The van der Waals surface area contributed by atoms with E-state index in [1.165, 1.54) is 4.88 Å². The van der Waals surface area contributed by atoms with Gasteiger partial charge >= 0.3 is 0 Å². The number of hydrogen-bond acceptors (Lipinski definition) is 11. The van der Waals surface area contributed by atoms with Crippen LogP contribution >= 0.6 is 22.9 Å². The lowest BCUT2D eigenvalue weighted by Gasteiger charge is -2.13. The summed E-state index contributed by atoms with van der Waals surface area (Å²) in [6.07, 6.45) is 0.453. The van der Waals surface area contributed by atoms with Crippen LogP contribution in [0.3, 0.4) is 0 Å². The average Bonchev–Trinajstić information content (AvgIpc) is 3.93. The number of rotatable bonds is 19. The van der Waals surface area contributed by atoms with Gasteiger partial charge in [0.25, 0.3) is 5.91 Å². The van der Waals surface area contributed by atoms with Gasteiger partial charge < -0.3 is 34.9 Å². The number of thiophene rings is 1. The van der Waals surface area contributed by atoms with E-state index < -0.39 is 6.04 Å². The lowest BCUT2D eigenvalue weighted by Crippen LogP contribution is -2.27. The third-order valence-corrected chi connectivity index (χ3v) is 12.3. The number of carbonyl (C=O) groups excluding carboxylic acids is 3. The average molecular weight is 902 g/mol. The van der Waals surface area contributed by atoms with E-state index in [-0.39, 0.29) is 24.1 Å². The van der Waals surface area contributed by atoms with Crippen LogP contribution in [0.15, 0.2) is 96.0 Å². The number of carbonyl (C=O) groups is 3. The van der Waals surface area contributed by atoms with Crippen LogP contribution in [0.5, 0.6) is 5.75 Å². The van der Waals surface area contributed by atoms with Crippen molar-refractivity contribution in [2.24, 2.45) is 4.99 Å². The van der Waals surface area contributed by atoms with Gasteiger partial charge in [-0.05, 0) is 97.6 Å². The predicted molar refractivity (Wildman–Crippen MR) is 247 cm³/mol. The first-order chi connectivity index (χ1) is 31.1. The maximum atomic E-state index is 13.5. The summed E-state index contributed by atoms with van der Waals surface area (Å²) in [5.74, 6) is 1.59. The summed E-state index contributed by atoms with van der Waals surface area (Å²) in [6, 6.07) is 27.4. The minimum atomic E-state index is -0.578. The first-order valence-corrected chi connectivity index (χ1v) is 22.2. The molecule has 6 aromatic rings. The zero-order valence-electron chi connectivity index (χ0n) is 35.7. The summed E-state index contributed by atoms with van der Waals surface area (Å²) in [4.78, 5) is 44.3. The van der Waals surface area contributed by atoms with Crippen LogP contribution in [0, 0.1) is 20.8 Å². The van der Waals surface area contributed by atoms with Crippen molar-refractivity contribution in [3.05, 3.63) is 140 Å². The highest BCUT2D eigenvalue weighted by Crippen LogP contribution is 2.40. The molecule has 1 atom stereocenters. The zero-order chi connectivity index (χ0) is 44.6. The molecule has 3 N–H and O–H groups in total. The van der Waals surface area contributed by atoms with Crippen molar-refractivity contribution in [3.8, 4) is 21.9 Å². The smallest absolute Gasteiger partial charge is 0.251 e. The molecule has 0 radical (unpaired) electrons. The van der Waals surface area contributed by atoms with Gasteiger partial charge in [-0.15, -0.1) is 21.5 Å². The van der Waals surface area contributed by atoms with Crippen molar-refractivity contribution < 1.29 is 33.3 Å². The number of aliphatic imine (C=N–C) groups is 1. The van der Waals surface area contributed by atoms with Crippen LogP contribution in [0.1, 0.15) is 61.6 Å². The quantitative estimate of drug-likeness (QED) is 0.0687. The molecule has 4 heterocycles. The van der Waals surface area contributed by atoms with Gasteiger partial charge in [0.1, 0.15) is 29.2 Å². The highest BCUT2D eigenvalue weighted by molar-refractivity contribution is 7.15. The Morgan fingerprint density at radius 2 is 1.53 bits per heavy atom. The maximum absolute atomic E-state index is 13.5. The van der Waals surface area contributed by atoms with E-state index in [4.69, 9.17) is 35.5 Å². The van der Waals surface area contributed by atoms with E-state index >= 15 is 0 Å². The fraction of sp³-hybridized carbons (Fsp3) is 0.292. The van der Waals surface area contributed by atoms with Crippen LogP contribution in [0.2, 0.25) is 5.02 Å². The largest absolute Gasteiger partial charge is 0.491 e. The first kappa shape index (κ1) is 44.4. The molecule has 64 heavy (non-hydrogen) atoms. The van der Waals surface area contributed by atoms with E-state index in [0.717, 1.165) is 55.6 Å². The monoisotopic (exact) mass is 901 g/mol. The highest BCUT2D eigenvalue weighted by Gasteiger charge is 2.32. The van der Waals surface area contributed by atoms with Crippen molar-refractivity contribution in [1.82, 2.24) is 20.1 Å². The minimum absolute atomic E-state index is 0.0110. The van der Waals surface area contributed by atoms with Crippen LogP contribution in [0.25, 0.3) is 16.1 Å². The van der Waals surface area contributed by atoms with Crippen LogP contribution < -0.4 is 20.7 Å². The predicted octanol–water partition coefficient (Wildman–Crippen LogP) is 7.85. The molecule has 0 saturated carbocycles. The Morgan fingerprint density at radius 1 is 0.828 bits per heavy atom. The van der Waals surface area contributed by atoms with E-state index in [1.54, 1.807) is 41.7 Å². The number of ether oxygens (including phenoxy) is 4. The number of halogens is 1. The molecule has 2 aliphatic rings. The number of fused-ring (bicyclic) bond motifs is 4. The number of aryl methyl sites for hydroxylation is 2. The van der Waals surface area contributed by atoms with Gasteiger partial charge in [0, 0.05) is 44.5 Å². The normalized spacial score (nSPS) is 13.9. The molecule has 0 aliphatic carbocycles. The molecule has 4 aromatic carbocycles. The number of aromatic nitrogens is 3. The number of amides is 3. The molecule has 3 amide bonds. The summed E-state index contributed by atoms with van der Waals surface area (Å²) in [6.45, 7) is 9.13. The second kappa shape index (κ2) is 20.5. The van der Waals surface area contributed by atoms with Gasteiger partial charge in [-0.3, -0.25) is 23.9 Å². The van der Waals surface area contributed by atoms with E-state index in [2.05, 4.69) is 40.0 Å². The molecular weight excluding hydrogens is 854 g/mol. The summed E-state index contributed by atoms with van der Waals surface area (Å²) in [5, 5.41) is 19.3. The number of benzene rings is 4. The van der Waals surface area contributed by atoms with Gasteiger partial charge in [-0.25, -0.2) is 0 Å². The topological polar surface area (TPSA) is 167 Å². The lowest BCUT2D eigenvalue weighted by molar-refractivity contribution is -0.117. The second-order valence-corrected chi connectivity index (χ2v) is 16.9. The van der Waals surface area contributed by atoms with Gasteiger partial charge in [0.05, 0.1) is 58.2 Å². The Labute approximate surface area is 380 Å². The first-order valence-electron chi connectivity index (χ1n) is 21.0. The van der Waals surface area contributed by atoms with Crippen molar-refractivity contribution in [1.29, 1.82) is 0 Å². The number of hydrogen-bond donors (Lipinski definition) is 3. The zero-order valence-corrected chi connectivity index (χ0v) is 37.3. The SMILES string of the molecule is Cc1sc2c(c1C)C(c1ccc(Cl)cc1)=N[C@@H](CC(=O)Nc1ccc(OCCOCCOCCOCCNC(=O)c3cccc(-c4ccc5c(c4)NC(=O)C5)c3)cc1)c1nnc(C)n1-2. The van der Waals surface area contributed by atoms with E-state index in [1.807, 2.05) is 72.2 Å². The van der Waals surface area contributed by atoms with Gasteiger partial charge in [-0.1, -0.05) is 48.0 Å². The lowest BCUT2D eigenvalue weighted by atomic mass is 9.99. The van der Waals surface area contributed by atoms with Crippen LogP contribution in [0.4, 0.5) is 11.4 Å². The number of anilines is 2. The second-order valence-electron chi connectivity index (χ2n) is 15.3. The molecule has 0 unspecified atom stereocenters. The molecule has 0 saturated heterocycles. The minimum Gasteiger partial charge on any atom is -0.491 e. The standard InChI is InChI=1S/C48H48ClN7O7S/c1-29-30(2)64-48-44(29)45(32-9-11-37(49)12-10-32)53-41(46-55-54-31(3)56(46)48)28-43(58)51-38-13-15-39(16-14-38)63-24-23-62-22-21-61-20-19-60-18-17-50-47(59)36-6-4-5-33(25-36)34-7-8-35-27-42(57)52-40(35)26-34/h4-16,25-26,41H,17-24,27-28H2,1-3H3,(H,50,59)(H,51,58)(H,52,57)/t41-/m0/s1. The van der Waals surface area contributed by atoms with Gasteiger partial charge in [0.2, 0.25) is 11.8 Å². The Hall–Kier alpha value is -6.23. The highest BCUT2D eigenvalue weighted by atomic mass is 35.5. The molecule has 16 heteroatoms. The van der Waals surface area contributed by atoms with Gasteiger partial charge in [0.15, 0.2) is 5.82 Å². The summed E-state index contributed by atoms with van der Waals surface area (Å²) < 4.78 is 24.7. The van der Waals surface area contributed by atoms with Crippen molar-refractivity contribution in [3.63, 3.8) is 0 Å². The molecule has 8 rings (SSSR count). The van der Waals surface area contributed by atoms with Gasteiger partial charge in [-0.2, -0.15) is 0 Å². The van der Waals surface area contributed by atoms with Crippen LogP contribution in [-0.2, 0) is 30.2 Å². The Balaban J connectivity index is 0.705. The molecule has 14 nitrogen and oxygen atoms in total. The molecule has 2 aromatic heterocycles. The van der Waals surface area contributed by atoms with Crippen molar-refractivity contribution in [2.75, 3.05) is 63.4 Å². The Bertz CT molecular complexity index is 2680. The van der Waals surface area contributed by atoms with Crippen molar-refractivity contribution in [2.45, 2.75) is 39.7 Å². The van der Waals surface area contributed by atoms with Crippen molar-refractivity contribution >= 4 is 57.7 Å². The fourth-order valence-electron chi connectivity index (χ4n) is 7.49. The molecular formula is C48H48ClN7O7S. The summed E-state index contributed by atoms with van der Waals surface area (Å²) >= 11 is 7.91. The third kappa shape index (κ3) is 10.6. The third-order valence-electron chi connectivity index (χ3n) is 10.8. The molecule has 0 spiro atoms. The van der Waals surface area contributed by atoms with E-state index in [0.29, 0.717) is 87.1 Å². The van der Waals surface area contributed by atoms with Crippen LogP contribution in [-0.4, -0.2) is 91.0 Å². The molecule has 2 aliphatic heterocycles. The Morgan fingerprint density at radius 3 is 2.30 bits per heavy atom. The number of nitrogens with one attached hydrogen (secondary N) is 3. The van der Waals surface area contributed by atoms with E-state index in [9.17, 15) is 14.4 Å². The molecule has 0 fully saturated rings. The maximum Gasteiger partial charge on any atom is 0.251 e. The fourth-order valence-corrected chi connectivity index (χ4v) is 8.83. The summed E-state index contributed by atoms with van der Waals surface area (Å²) in [5.41, 5.74) is 8.63. The Kier molecular flexibility index (Phi) is 14.2. The molecule has 0 bridgehead atoms.